The third kappa shape index (κ3) is 10.2. The first-order valence-corrected chi connectivity index (χ1v) is 19.0. The number of hydrogen-bond acceptors (Lipinski definition) is 11. The first-order valence-electron chi connectivity index (χ1n) is 18.1. The molecule has 4 bridgehead atoms. The van der Waals surface area contributed by atoms with Crippen molar-refractivity contribution in [1.82, 2.24) is 10.2 Å². The summed E-state index contributed by atoms with van der Waals surface area (Å²) in [6.45, 7) is 10.6. The lowest BCUT2D eigenvalue weighted by atomic mass is 9.83. The third-order valence-electron chi connectivity index (χ3n) is 10.8. The largest absolute Gasteiger partial charge is 0.495 e. The number of likely N-dealkylation sites (N-methyl/N-ethyl adjacent to an activating group) is 1. The molecule has 13 nitrogen and oxygen atoms in total. The Hall–Kier alpha value is -3.14. The van der Waals surface area contributed by atoms with Gasteiger partial charge in [0.1, 0.15) is 35.2 Å². The Kier molecular flexibility index (Phi) is 14.0. The van der Waals surface area contributed by atoms with E-state index in [9.17, 15) is 24.3 Å². The topological polar surface area (TPSA) is 156 Å². The summed E-state index contributed by atoms with van der Waals surface area (Å²) in [5.41, 5.74) is -0.735. The van der Waals surface area contributed by atoms with Crippen LogP contribution in [0, 0.1) is 5.92 Å². The molecule has 54 heavy (non-hydrogen) atoms. The first kappa shape index (κ1) is 43.6. The zero-order valence-corrected chi connectivity index (χ0v) is 34.6. The zero-order chi connectivity index (χ0) is 40.3. The predicted octanol–water partition coefficient (Wildman–Crippen LogP) is 5.05. The number of methoxy groups -OCH3 is 2. The highest BCUT2D eigenvalue weighted by Gasteiger charge is 2.63. The molecule has 3 aliphatic rings. The molecule has 2 fully saturated rings. The van der Waals surface area contributed by atoms with Crippen LogP contribution < -0.4 is 15.0 Å². The number of hydrogen-bond donors (Lipinski definition) is 3. The number of epoxide rings is 1. The molecule has 0 spiro atoms. The second kappa shape index (κ2) is 17.3. The maximum Gasteiger partial charge on any atom is 0.409 e. The molecular weight excluding hydrogens is 738 g/mol. The van der Waals surface area contributed by atoms with Crippen molar-refractivity contribution in [3.8, 4) is 5.75 Å². The van der Waals surface area contributed by atoms with E-state index in [4.69, 9.17) is 35.3 Å². The van der Waals surface area contributed by atoms with Gasteiger partial charge in [-0.15, -0.1) is 0 Å². The van der Waals surface area contributed by atoms with Crippen molar-refractivity contribution >= 4 is 53.6 Å². The van der Waals surface area contributed by atoms with Crippen molar-refractivity contribution in [2.45, 2.75) is 120 Å². The number of allylic oxidation sites excluding steroid dienone is 3. The van der Waals surface area contributed by atoms with Crippen molar-refractivity contribution < 1.29 is 48.0 Å². The van der Waals surface area contributed by atoms with Crippen molar-refractivity contribution in [3.63, 3.8) is 0 Å². The molecule has 0 unspecified atom stereocenters. The highest BCUT2D eigenvalue weighted by molar-refractivity contribution is 7.81. The number of amides is 3. The molecule has 0 aliphatic carbocycles. The molecule has 1 aromatic carbocycles. The number of halogens is 1. The summed E-state index contributed by atoms with van der Waals surface area (Å²) in [6.07, 6.45) is 2.17. The van der Waals surface area contributed by atoms with Crippen LogP contribution in [0.5, 0.6) is 5.75 Å². The Labute approximate surface area is 329 Å². The third-order valence-corrected chi connectivity index (χ3v) is 11.4. The van der Waals surface area contributed by atoms with Gasteiger partial charge in [-0.3, -0.25) is 19.7 Å². The van der Waals surface area contributed by atoms with Gasteiger partial charge in [-0.1, -0.05) is 56.2 Å². The fraction of sp³-hybridized carbons (Fsp3) is 0.641. The Morgan fingerprint density at radius 2 is 1.94 bits per heavy atom. The number of Topliss-reactive ketones (excluding diaryl/α,β-unsaturated/α-hetero) is 1. The van der Waals surface area contributed by atoms with Crippen LogP contribution in [0.4, 0.5) is 10.5 Å². The maximum atomic E-state index is 14.1. The van der Waals surface area contributed by atoms with E-state index in [1.165, 1.54) is 24.0 Å². The van der Waals surface area contributed by atoms with Crippen LogP contribution in [0.25, 0.3) is 0 Å². The summed E-state index contributed by atoms with van der Waals surface area (Å²) in [5.74, 6) is -1.03. The molecule has 2 saturated heterocycles. The second-order valence-electron chi connectivity index (χ2n) is 15.6. The van der Waals surface area contributed by atoms with Gasteiger partial charge in [0, 0.05) is 44.7 Å². The summed E-state index contributed by atoms with van der Waals surface area (Å²) < 4.78 is 29.1. The van der Waals surface area contributed by atoms with E-state index in [2.05, 4.69) is 17.9 Å². The fourth-order valence-corrected chi connectivity index (χ4v) is 7.42. The van der Waals surface area contributed by atoms with Crippen LogP contribution in [0.2, 0.25) is 5.02 Å². The van der Waals surface area contributed by atoms with Crippen LogP contribution in [0.1, 0.15) is 72.8 Å². The summed E-state index contributed by atoms with van der Waals surface area (Å²) in [7, 11) is 6.12. The molecule has 0 saturated carbocycles. The van der Waals surface area contributed by atoms with Gasteiger partial charge in [-0.2, -0.15) is 12.6 Å². The highest BCUT2D eigenvalue weighted by atomic mass is 35.5. The molecule has 0 aromatic heterocycles. The summed E-state index contributed by atoms with van der Waals surface area (Å²) >= 11 is 11.3. The summed E-state index contributed by atoms with van der Waals surface area (Å²) in [6, 6.07) is 2.82. The van der Waals surface area contributed by atoms with E-state index in [1.807, 2.05) is 39.8 Å². The summed E-state index contributed by atoms with van der Waals surface area (Å²) in [4.78, 5) is 56.2. The number of benzene rings is 1. The first-order chi connectivity index (χ1) is 25.1. The van der Waals surface area contributed by atoms with Crippen molar-refractivity contribution in [2.24, 2.45) is 5.92 Å². The van der Waals surface area contributed by atoms with Crippen LogP contribution in [0.15, 0.2) is 35.9 Å². The standard InChI is InChI=1S/C39H56ClN3O10S/c1-22-12-11-13-30(50-10)39(48)20-29(52-36(47)41-39)23(2)35-38(6,53-35)31(51-21-27(44)24(3)42(7)32(45)14-15-37(4,5)54)19-33(46)43(8)26-17-25(16-22)18-28(49-9)34(26)40/h11-13,17-18,23-24,29-31,35,48,54H,14-16,19-21H2,1-10H3,(H,41,47)/b13-11+,22-12+/t23-,24+,29+,30-,31+,35+,38+,39+/m1/s1. The number of alkyl carbamates (subject to hydrolysis) is 1. The van der Waals surface area contributed by atoms with Crippen molar-refractivity contribution in [2.75, 3.05) is 39.8 Å². The van der Waals surface area contributed by atoms with Crippen molar-refractivity contribution in [3.05, 3.63) is 46.5 Å². The van der Waals surface area contributed by atoms with Gasteiger partial charge in [0.25, 0.3) is 0 Å². The average Bonchev–Trinajstić information content (AvgIpc) is 3.80. The molecule has 3 heterocycles. The monoisotopic (exact) mass is 793 g/mol. The van der Waals surface area contributed by atoms with Crippen LogP contribution in [-0.2, 0) is 39.8 Å². The molecule has 300 valence electrons. The molecule has 0 radical (unpaired) electrons. The van der Waals surface area contributed by atoms with Gasteiger partial charge in [0.15, 0.2) is 11.5 Å². The van der Waals surface area contributed by atoms with E-state index in [0.717, 1.165) is 11.1 Å². The number of nitrogens with zero attached hydrogens (tertiary/aromatic N) is 2. The molecule has 1 aromatic rings. The number of nitrogens with one attached hydrogen (secondary N) is 1. The molecule has 3 amide bonds. The van der Waals surface area contributed by atoms with E-state index >= 15 is 0 Å². The quantitative estimate of drug-likeness (QED) is 0.217. The lowest BCUT2D eigenvalue weighted by Gasteiger charge is -2.42. The fourth-order valence-electron chi connectivity index (χ4n) is 7.00. The van der Waals surface area contributed by atoms with Gasteiger partial charge in [0.2, 0.25) is 11.8 Å². The van der Waals surface area contributed by atoms with E-state index in [1.54, 1.807) is 46.2 Å². The number of rotatable bonds is 10. The molecule has 8 atom stereocenters. The Morgan fingerprint density at radius 3 is 2.57 bits per heavy atom. The van der Waals surface area contributed by atoms with Gasteiger partial charge >= 0.3 is 6.09 Å². The highest BCUT2D eigenvalue weighted by Crippen LogP contribution is 2.49. The number of carbonyl (C=O) groups excluding carboxylic acids is 4. The van der Waals surface area contributed by atoms with Gasteiger partial charge in [-0.05, 0) is 51.3 Å². The minimum Gasteiger partial charge on any atom is -0.495 e. The minimum atomic E-state index is -1.81. The Morgan fingerprint density at radius 1 is 1.26 bits per heavy atom. The number of carbonyl (C=O) groups is 4. The zero-order valence-electron chi connectivity index (χ0n) is 32.9. The number of fused-ring (bicyclic) bond motifs is 5. The Bertz CT molecular complexity index is 1650. The lowest BCUT2D eigenvalue weighted by molar-refractivity contribution is -0.142. The number of ketones is 1. The van der Waals surface area contributed by atoms with E-state index in [-0.39, 0.29) is 46.6 Å². The normalized spacial score (nSPS) is 31.2. The number of aliphatic hydroxyl groups is 1. The SMILES string of the molecule is COc1cc2cc(c1Cl)N(C)C(=O)C[C@H](OCC(=O)[C@H](C)N(C)C(=O)CCC(C)(C)S)[C@]1(C)O[C@H]1[C@H](C)[C@@H]1C[C@@](O)(NC(=O)O1)[C@H](OC)/C=C/C=C(\C)C2. The molecule has 3 aliphatic heterocycles. The van der Waals surface area contributed by atoms with Crippen LogP contribution in [-0.4, -0.2) is 115 Å². The smallest absolute Gasteiger partial charge is 0.409 e. The average molecular weight is 794 g/mol. The number of anilines is 1. The molecule has 4 rings (SSSR count). The Balaban J connectivity index is 1.69. The number of ether oxygens (including phenoxy) is 5. The van der Waals surface area contributed by atoms with Crippen molar-refractivity contribution in [1.29, 1.82) is 0 Å². The molecule has 15 heteroatoms. The summed E-state index contributed by atoms with van der Waals surface area (Å²) in [5, 5.41) is 14.5. The van der Waals surface area contributed by atoms with Gasteiger partial charge < -0.3 is 38.6 Å². The molecular formula is C39H56ClN3O10S. The predicted molar refractivity (Wildman–Crippen MR) is 208 cm³/mol. The van der Waals surface area contributed by atoms with Crippen LogP contribution in [0.3, 0.4) is 0 Å². The maximum absolute atomic E-state index is 14.1. The molecule has 2 N–H and O–H groups in total. The minimum absolute atomic E-state index is 0.0283. The van der Waals surface area contributed by atoms with E-state index in [0.29, 0.717) is 24.3 Å². The van der Waals surface area contributed by atoms with Gasteiger partial charge in [-0.25, -0.2) is 4.79 Å². The number of thiol groups is 1. The lowest BCUT2D eigenvalue weighted by Crippen LogP contribution is -2.63. The van der Waals surface area contributed by atoms with Crippen LogP contribution >= 0.6 is 24.2 Å². The van der Waals surface area contributed by atoms with E-state index < -0.39 is 60.4 Å². The second-order valence-corrected chi connectivity index (χ2v) is 17.1. The van der Waals surface area contributed by atoms with Gasteiger partial charge in [0.05, 0.1) is 37.5 Å².